The molecule has 1 N–H and O–H groups in total. The molecule has 2 atom stereocenters. The number of rotatable bonds is 1. The molecule has 1 aromatic heterocycles. The quantitative estimate of drug-likeness (QED) is 0.836. The Balaban J connectivity index is 2.63. The van der Waals surface area contributed by atoms with Gasteiger partial charge < -0.3 is 5.11 Å². The van der Waals surface area contributed by atoms with Gasteiger partial charge in [-0.25, -0.2) is 0 Å². The number of amides is 1. The molecule has 2 heterocycles. The summed E-state index contributed by atoms with van der Waals surface area (Å²) in [4.78, 5) is 23.2. The van der Waals surface area contributed by atoms with Crippen molar-refractivity contribution in [1.82, 2.24) is 9.78 Å². The second kappa shape index (κ2) is 4.50. The Bertz CT molecular complexity index is 567. The molecule has 0 aromatic carbocycles. The largest absolute Gasteiger partial charge is 0.481 e. The van der Waals surface area contributed by atoms with Crippen molar-refractivity contribution in [1.29, 1.82) is 0 Å². The number of hydrogen-bond donors (Lipinski definition) is 1. The lowest BCUT2D eigenvalue weighted by molar-refractivity contribution is -0.176. The summed E-state index contributed by atoms with van der Waals surface area (Å²) in [5, 5.41) is 12.9. The Morgan fingerprint density at radius 1 is 1.45 bits per heavy atom. The maximum atomic E-state index is 13.2. The fourth-order valence-electron chi connectivity index (χ4n) is 2.50. The SMILES string of the molecule is CC(=O)N1c2cnn(C)c2C[C@H](C(=O)O)[C@H]1C(F)(F)F. The maximum absolute atomic E-state index is 13.2. The highest BCUT2D eigenvalue weighted by Crippen LogP contribution is 2.41. The number of anilines is 1. The van der Waals surface area contributed by atoms with Crippen LogP contribution in [0.2, 0.25) is 0 Å². The zero-order valence-corrected chi connectivity index (χ0v) is 10.7. The van der Waals surface area contributed by atoms with Crippen molar-refractivity contribution in [3.8, 4) is 0 Å². The standard InChI is InChI=1S/C11H12F3N3O3/c1-5(18)17-8-4-15-16(2)7(8)3-6(10(19)20)9(17)11(12,13)14/h4,6,9H,3H2,1-2H3,(H,19,20)/t6-,9-/m0/s1. The van der Waals surface area contributed by atoms with Crippen LogP contribution in [-0.4, -0.2) is 39.0 Å². The van der Waals surface area contributed by atoms with E-state index in [1.54, 1.807) is 0 Å². The lowest BCUT2D eigenvalue weighted by Crippen LogP contribution is -2.57. The summed E-state index contributed by atoms with van der Waals surface area (Å²) in [6.07, 6.45) is -4.01. The van der Waals surface area contributed by atoms with Gasteiger partial charge in [-0.2, -0.15) is 18.3 Å². The minimum absolute atomic E-state index is 0.0137. The van der Waals surface area contributed by atoms with Gasteiger partial charge in [0.25, 0.3) is 0 Å². The molecule has 0 radical (unpaired) electrons. The predicted octanol–water partition coefficient (Wildman–Crippen LogP) is 0.961. The second-order valence-corrected chi connectivity index (χ2v) is 4.62. The van der Waals surface area contributed by atoms with Gasteiger partial charge in [-0.1, -0.05) is 0 Å². The summed E-state index contributed by atoms with van der Waals surface area (Å²) >= 11 is 0. The molecule has 9 heteroatoms. The number of carbonyl (C=O) groups excluding carboxylic acids is 1. The van der Waals surface area contributed by atoms with Gasteiger partial charge in [0.05, 0.1) is 23.5 Å². The monoisotopic (exact) mass is 291 g/mol. The van der Waals surface area contributed by atoms with Gasteiger partial charge in [0, 0.05) is 20.4 Å². The van der Waals surface area contributed by atoms with Crippen LogP contribution in [0.15, 0.2) is 6.20 Å². The van der Waals surface area contributed by atoms with Gasteiger partial charge in [0.1, 0.15) is 6.04 Å². The first kappa shape index (κ1) is 14.4. The van der Waals surface area contributed by atoms with Gasteiger partial charge in [-0.05, 0) is 0 Å². The fraction of sp³-hybridized carbons (Fsp3) is 0.545. The molecule has 110 valence electrons. The maximum Gasteiger partial charge on any atom is 0.410 e. The highest BCUT2D eigenvalue weighted by Gasteiger charge is 2.55. The molecule has 0 saturated carbocycles. The van der Waals surface area contributed by atoms with Gasteiger partial charge in [-0.15, -0.1) is 0 Å². The molecule has 1 aliphatic heterocycles. The molecule has 1 amide bonds. The first-order valence-electron chi connectivity index (χ1n) is 5.74. The number of nitrogens with zero attached hydrogens (tertiary/aromatic N) is 3. The summed E-state index contributed by atoms with van der Waals surface area (Å²) in [5.74, 6) is -4.21. The van der Waals surface area contributed by atoms with Gasteiger partial charge in [-0.3, -0.25) is 19.2 Å². The average Bonchev–Trinajstić information content (AvgIpc) is 2.67. The smallest absolute Gasteiger partial charge is 0.410 e. The number of fused-ring (bicyclic) bond motifs is 1. The zero-order valence-electron chi connectivity index (χ0n) is 10.7. The van der Waals surface area contributed by atoms with Crippen molar-refractivity contribution in [3.63, 3.8) is 0 Å². The van der Waals surface area contributed by atoms with E-state index in [0.29, 0.717) is 10.6 Å². The van der Waals surface area contributed by atoms with E-state index in [1.807, 2.05) is 0 Å². The Hall–Kier alpha value is -2.06. The van der Waals surface area contributed by atoms with Crippen LogP contribution in [0.4, 0.5) is 18.9 Å². The first-order valence-corrected chi connectivity index (χ1v) is 5.74. The van der Waals surface area contributed by atoms with Crippen molar-refractivity contribution in [2.24, 2.45) is 13.0 Å². The number of aliphatic carboxylic acids is 1. The number of alkyl halides is 3. The van der Waals surface area contributed by atoms with Gasteiger partial charge >= 0.3 is 12.1 Å². The molecular weight excluding hydrogens is 279 g/mol. The van der Waals surface area contributed by atoms with E-state index in [2.05, 4.69) is 5.10 Å². The summed E-state index contributed by atoms with van der Waals surface area (Å²) in [7, 11) is 1.49. The average molecular weight is 291 g/mol. The highest BCUT2D eigenvalue weighted by atomic mass is 19.4. The number of aromatic nitrogens is 2. The van der Waals surface area contributed by atoms with Crippen LogP contribution in [0.1, 0.15) is 12.6 Å². The molecule has 1 aliphatic rings. The summed E-state index contributed by atoms with van der Waals surface area (Å²) < 4.78 is 40.8. The molecule has 0 saturated heterocycles. The van der Waals surface area contributed by atoms with E-state index in [9.17, 15) is 22.8 Å². The number of hydrogen-bond acceptors (Lipinski definition) is 3. The molecule has 0 spiro atoms. The van der Waals surface area contributed by atoms with Gasteiger partial charge in [0.2, 0.25) is 5.91 Å². The molecule has 0 fully saturated rings. The molecular formula is C11H12F3N3O3. The zero-order chi connectivity index (χ0) is 15.2. The van der Waals surface area contributed by atoms with Crippen LogP contribution in [0.25, 0.3) is 0 Å². The number of halogens is 3. The lowest BCUT2D eigenvalue weighted by atomic mass is 9.88. The van der Waals surface area contributed by atoms with Gasteiger partial charge in [0.15, 0.2) is 0 Å². The van der Waals surface area contributed by atoms with Crippen molar-refractivity contribution in [2.75, 3.05) is 4.90 Å². The molecule has 0 unspecified atom stereocenters. The Kier molecular flexibility index (Phi) is 3.23. The topological polar surface area (TPSA) is 75.4 Å². The summed E-state index contributed by atoms with van der Waals surface area (Å²) in [6, 6.07) is -2.38. The number of carboxylic acids is 1. The van der Waals surface area contributed by atoms with Crippen LogP contribution >= 0.6 is 0 Å². The highest BCUT2D eigenvalue weighted by molar-refractivity contribution is 5.95. The second-order valence-electron chi connectivity index (χ2n) is 4.62. The van der Waals surface area contributed by atoms with Crippen LogP contribution in [0.5, 0.6) is 0 Å². The normalized spacial score (nSPS) is 22.6. The summed E-state index contributed by atoms with van der Waals surface area (Å²) in [6.45, 7) is 0.972. The number of carboxylic acid groups (broad SMARTS) is 1. The van der Waals surface area contributed by atoms with Crippen LogP contribution < -0.4 is 4.90 Å². The Morgan fingerprint density at radius 2 is 2.05 bits per heavy atom. The molecule has 6 nitrogen and oxygen atoms in total. The molecule has 20 heavy (non-hydrogen) atoms. The molecule has 2 rings (SSSR count). The number of aryl methyl sites for hydroxylation is 1. The Labute approximate surface area is 111 Å². The van der Waals surface area contributed by atoms with E-state index in [1.165, 1.54) is 11.7 Å². The van der Waals surface area contributed by atoms with E-state index in [-0.39, 0.29) is 12.1 Å². The van der Waals surface area contributed by atoms with Crippen LogP contribution in [-0.2, 0) is 23.1 Å². The van der Waals surface area contributed by atoms with Crippen molar-refractivity contribution in [2.45, 2.75) is 25.6 Å². The van der Waals surface area contributed by atoms with E-state index in [0.717, 1.165) is 13.1 Å². The molecule has 0 bridgehead atoms. The summed E-state index contributed by atoms with van der Waals surface area (Å²) in [5.41, 5.74) is 0.313. The van der Waals surface area contributed by atoms with E-state index < -0.39 is 30.0 Å². The molecule has 1 aromatic rings. The van der Waals surface area contributed by atoms with E-state index >= 15 is 0 Å². The van der Waals surface area contributed by atoms with Crippen molar-refractivity contribution in [3.05, 3.63) is 11.9 Å². The Morgan fingerprint density at radius 3 is 2.50 bits per heavy atom. The first-order chi connectivity index (χ1) is 9.14. The molecule has 0 aliphatic carbocycles. The minimum Gasteiger partial charge on any atom is -0.481 e. The fourth-order valence-corrected chi connectivity index (χ4v) is 2.50. The third kappa shape index (κ3) is 2.12. The number of carbonyl (C=O) groups is 2. The predicted molar refractivity (Wildman–Crippen MR) is 61.0 cm³/mol. The van der Waals surface area contributed by atoms with Crippen molar-refractivity contribution >= 4 is 17.6 Å². The third-order valence-corrected chi connectivity index (χ3v) is 3.36. The minimum atomic E-state index is -4.83. The lowest BCUT2D eigenvalue weighted by Gasteiger charge is -2.39. The van der Waals surface area contributed by atoms with Crippen molar-refractivity contribution < 1.29 is 27.9 Å². The van der Waals surface area contributed by atoms with E-state index in [4.69, 9.17) is 5.11 Å². The third-order valence-electron chi connectivity index (χ3n) is 3.36. The van der Waals surface area contributed by atoms with Crippen LogP contribution in [0.3, 0.4) is 0 Å². The van der Waals surface area contributed by atoms with Crippen LogP contribution in [0, 0.1) is 5.92 Å².